The molecule has 1 aromatic heterocycles. The number of halogens is 2. The molecule has 0 fully saturated rings. The lowest BCUT2D eigenvalue weighted by Gasteiger charge is -2.17. The lowest BCUT2D eigenvalue weighted by molar-refractivity contribution is -0.129. The number of phenols is 1. The largest absolute Gasteiger partial charge is 0.505 e. The Kier molecular flexibility index (Phi) is 6.78. The van der Waals surface area contributed by atoms with Crippen LogP contribution in [0.2, 0.25) is 10.0 Å². The van der Waals surface area contributed by atoms with Gasteiger partial charge in [0, 0.05) is 42.4 Å². The van der Waals surface area contributed by atoms with Crippen molar-refractivity contribution >= 4 is 40.9 Å². The van der Waals surface area contributed by atoms with Gasteiger partial charge in [0.05, 0.1) is 15.7 Å². The summed E-state index contributed by atoms with van der Waals surface area (Å²) in [6.45, 7) is 2.45. The third-order valence-corrected chi connectivity index (χ3v) is 5.12. The summed E-state index contributed by atoms with van der Waals surface area (Å²) in [5, 5.41) is 10.1. The van der Waals surface area contributed by atoms with E-state index >= 15 is 0 Å². The minimum atomic E-state index is -0.117. The number of pyridine rings is 1. The minimum absolute atomic E-state index is 0.109. The van der Waals surface area contributed by atoms with Crippen LogP contribution in [0.5, 0.6) is 5.75 Å². The van der Waals surface area contributed by atoms with Crippen LogP contribution in [0.4, 0.5) is 0 Å². The van der Waals surface area contributed by atoms with Crippen molar-refractivity contribution in [2.24, 2.45) is 0 Å². The Morgan fingerprint density at radius 1 is 1.33 bits per heavy atom. The number of phenolic OH excluding ortho intramolecular Hbond substituents is 1. The van der Waals surface area contributed by atoms with Crippen LogP contribution in [0.15, 0.2) is 40.3 Å². The molecule has 0 saturated carbocycles. The number of rotatable bonds is 6. The maximum atomic E-state index is 11.7. The zero-order valence-electron chi connectivity index (χ0n) is 13.4. The molecule has 0 spiro atoms. The molecule has 128 valence electrons. The van der Waals surface area contributed by atoms with Crippen LogP contribution in [0, 0.1) is 0 Å². The van der Waals surface area contributed by atoms with Gasteiger partial charge in [-0.2, -0.15) is 0 Å². The van der Waals surface area contributed by atoms with E-state index in [-0.39, 0.29) is 21.7 Å². The lowest BCUT2D eigenvalue weighted by Crippen LogP contribution is -2.28. The molecule has 1 N–H and O–H groups in total. The fraction of sp³-hybridized carbons (Fsp3) is 0.294. The Balaban J connectivity index is 2.16. The minimum Gasteiger partial charge on any atom is -0.505 e. The Hall–Kier alpha value is -1.43. The fourth-order valence-corrected chi connectivity index (χ4v) is 3.74. The fourth-order valence-electron chi connectivity index (χ4n) is 2.10. The van der Waals surface area contributed by atoms with Gasteiger partial charge in [0.15, 0.2) is 5.75 Å². The molecule has 0 atom stereocenters. The van der Waals surface area contributed by atoms with E-state index in [4.69, 9.17) is 23.2 Å². The molecular weight excluding hydrogens is 367 g/mol. The van der Waals surface area contributed by atoms with Crippen LogP contribution < -0.4 is 0 Å². The second-order valence-electron chi connectivity index (χ2n) is 5.20. The molecule has 1 amide bonds. The van der Waals surface area contributed by atoms with Crippen LogP contribution in [0.1, 0.15) is 19.0 Å². The van der Waals surface area contributed by atoms with E-state index in [1.807, 2.05) is 19.1 Å². The monoisotopic (exact) mass is 384 g/mol. The Bertz CT molecular complexity index is 717. The molecule has 2 rings (SSSR count). The number of carbonyl (C=O) groups excluding carboxylic acids is 1. The third-order valence-electron chi connectivity index (χ3n) is 3.48. The molecule has 24 heavy (non-hydrogen) atoms. The first kappa shape index (κ1) is 18.9. The van der Waals surface area contributed by atoms with Crippen molar-refractivity contribution in [3.8, 4) is 5.75 Å². The maximum absolute atomic E-state index is 11.7. The molecule has 7 heteroatoms. The molecule has 4 nitrogen and oxygen atoms in total. The molecule has 0 aliphatic rings. The van der Waals surface area contributed by atoms with Gasteiger partial charge in [0.1, 0.15) is 0 Å². The predicted octanol–water partition coefficient (Wildman–Crippen LogP) is 4.66. The zero-order valence-corrected chi connectivity index (χ0v) is 15.8. The van der Waals surface area contributed by atoms with Gasteiger partial charge >= 0.3 is 0 Å². The van der Waals surface area contributed by atoms with E-state index in [0.29, 0.717) is 19.4 Å². The highest BCUT2D eigenvalue weighted by molar-refractivity contribution is 7.99. The summed E-state index contributed by atoms with van der Waals surface area (Å²) in [6.07, 6.45) is 2.88. The van der Waals surface area contributed by atoms with E-state index in [1.165, 1.54) is 11.8 Å². The number of benzene rings is 1. The van der Waals surface area contributed by atoms with Crippen molar-refractivity contribution in [1.82, 2.24) is 9.88 Å². The average Bonchev–Trinajstić information content (AvgIpc) is 2.57. The maximum Gasteiger partial charge on any atom is 0.222 e. The highest BCUT2D eigenvalue weighted by Crippen LogP contribution is 2.39. The number of likely N-dealkylation sites (N-methyl/N-ethyl adjacent to an activating group) is 1. The van der Waals surface area contributed by atoms with Crippen molar-refractivity contribution in [2.45, 2.75) is 29.6 Å². The first-order valence-corrected chi connectivity index (χ1v) is 9.03. The van der Waals surface area contributed by atoms with Gasteiger partial charge in [0.2, 0.25) is 5.91 Å². The Labute approximate surface area is 155 Å². The van der Waals surface area contributed by atoms with Gasteiger partial charge in [-0.3, -0.25) is 9.78 Å². The van der Waals surface area contributed by atoms with E-state index in [1.54, 1.807) is 30.3 Å². The number of amides is 1. The number of nitrogens with zero attached hydrogens (tertiary/aromatic N) is 2. The quantitative estimate of drug-likeness (QED) is 0.786. The highest BCUT2D eigenvalue weighted by atomic mass is 35.5. The highest BCUT2D eigenvalue weighted by Gasteiger charge is 2.12. The molecule has 0 bridgehead atoms. The zero-order chi connectivity index (χ0) is 17.7. The Morgan fingerprint density at radius 3 is 2.62 bits per heavy atom. The lowest BCUT2D eigenvalue weighted by atomic mass is 10.2. The van der Waals surface area contributed by atoms with Crippen LogP contribution in [0.25, 0.3) is 0 Å². The molecule has 1 aromatic carbocycles. The van der Waals surface area contributed by atoms with E-state index in [2.05, 4.69) is 4.98 Å². The number of hydrogen-bond donors (Lipinski definition) is 1. The summed E-state index contributed by atoms with van der Waals surface area (Å²) >= 11 is 13.4. The Morgan fingerprint density at radius 2 is 2.00 bits per heavy atom. The van der Waals surface area contributed by atoms with Gasteiger partial charge in [-0.1, -0.05) is 41.9 Å². The summed E-state index contributed by atoms with van der Waals surface area (Å²) in [7, 11) is 1.79. The first-order chi connectivity index (χ1) is 11.4. The van der Waals surface area contributed by atoms with Gasteiger partial charge in [-0.25, -0.2) is 0 Å². The molecule has 2 aromatic rings. The molecule has 0 radical (unpaired) electrons. The van der Waals surface area contributed by atoms with Gasteiger partial charge in [0.25, 0.3) is 0 Å². The predicted molar refractivity (Wildman–Crippen MR) is 98.1 cm³/mol. The topological polar surface area (TPSA) is 53.4 Å². The van der Waals surface area contributed by atoms with Gasteiger partial charge in [-0.05, 0) is 24.3 Å². The summed E-state index contributed by atoms with van der Waals surface area (Å²) in [5.41, 5.74) is 0.901. The second-order valence-corrected chi connectivity index (χ2v) is 7.13. The van der Waals surface area contributed by atoms with E-state index in [9.17, 15) is 9.90 Å². The van der Waals surface area contributed by atoms with E-state index in [0.717, 1.165) is 15.5 Å². The summed E-state index contributed by atoms with van der Waals surface area (Å²) in [5.74, 6) is -0.00831. The van der Waals surface area contributed by atoms with Crippen molar-refractivity contribution in [2.75, 3.05) is 13.6 Å². The van der Waals surface area contributed by atoms with Crippen LogP contribution in [-0.2, 0) is 11.2 Å². The SMILES string of the molecule is CCC(=O)N(C)CCc1ncccc1Sc1cc(Cl)c(O)c(Cl)c1. The molecule has 0 unspecified atom stereocenters. The van der Waals surface area contributed by atoms with Crippen LogP contribution in [-0.4, -0.2) is 34.5 Å². The van der Waals surface area contributed by atoms with Crippen molar-refractivity contribution in [1.29, 1.82) is 0 Å². The number of hydrogen-bond acceptors (Lipinski definition) is 4. The van der Waals surface area contributed by atoms with Crippen molar-refractivity contribution < 1.29 is 9.90 Å². The van der Waals surface area contributed by atoms with Crippen LogP contribution in [0.3, 0.4) is 0 Å². The third kappa shape index (κ3) is 4.79. The standard InChI is InChI=1S/C17H18Cl2N2O2S/c1-3-16(22)21(2)8-6-14-15(5-4-7-20-14)24-11-9-12(18)17(23)13(19)10-11/h4-5,7,9-10,23H,3,6,8H2,1-2H3. The second kappa shape index (κ2) is 8.60. The molecular formula is C17H18Cl2N2O2S. The molecule has 0 aliphatic carbocycles. The summed E-state index contributed by atoms with van der Waals surface area (Å²) in [4.78, 5) is 19.6. The first-order valence-electron chi connectivity index (χ1n) is 7.46. The molecule has 0 aliphatic heterocycles. The van der Waals surface area contributed by atoms with Gasteiger partial charge < -0.3 is 10.0 Å². The normalized spacial score (nSPS) is 10.7. The molecule has 0 saturated heterocycles. The smallest absolute Gasteiger partial charge is 0.222 e. The number of aromatic hydroxyl groups is 1. The van der Waals surface area contributed by atoms with Gasteiger partial charge in [-0.15, -0.1) is 0 Å². The summed E-state index contributed by atoms with van der Waals surface area (Å²) in [6, 6.07) is 7.15. The van der Waals surface area contributed by atoms with Crippen LogP contribution >= 0.6 is 35.0 Å². The number of carbonyl (C=O) groups is 1. The van der Waals surface area contributed by atoms with E-state index < -0.39 is 0 Å². The summed E-state index contributed by atoms with van der Waals surface area (Å²) < 4.78 is 0. The van der Waals surface area contributed by atoms with Crippen molar-refractivity contribution in [3.63, 3.8) is 0 Å². The average molecular weight is 385 g/mol. The number of aromatic nitrogens is 1. The van der Waals surface area contributed by atoms with Crippen molar-refractivity contribution in [3.05, 3.63) is 46.2 Å². The molecule has 1 heterocycles.